The first-order valence-electron chi connectivity index (χ1n) is 7.19. The number of carboxylic acid groups (broad SMARTS) is 1. The predicted octanol–water partition coefficient (Wildman–Crippen LogP) is 3.02. The molecule has 2 aromatic rings. The molecule has 2 N–H and O–H groups in total. The molecule has 0 fully saturated rings. The number of nitrogens with one attached hydrogen (secondary N) is 1. The SMILES string of the molecule is CC(NC(=O)N(C)CCC(=O)O)c1ccc2ccccc2c1. The van der Waals surface area contributed by atoms with Crippen LogP contribution in [0.15, 0.2) is 42.5 Å². The van der Waals surface area contributed by atoms with Crippen LogP contribution in [-0.4, -0.2) is 35.6 Å². The molecule has 0 aliphatic rings. The Bertz CT molecular complexity index is 684. The third-order valence-electron chi connectivity index (χ3n) is 3.62. The highest BCUT2D eigenvalue weighted by molar-refractivity contribution is 5.83. The van der Waals surface area contributed by atoms with Gasteiger partial charge in [0.25, 0.3) is 0 Å². The highest BCUT2D eigenvalue weighted by Gasteiger charge is 2.14. The largest absolute Gasteiger partial charge is 0.481 e. The number of hydrogen-bond acceptors (Lipinski definition) is 2. The first-order valence-corrected chi connectivity index (χ1v) is 7.19. The Morgan fingerprint density at radius 1 is 1.18 bits per heavy atom. The number of aliphatic carboxylic acids is 1. The van der Waals surface area contributed by atoms with Crippen LogP contribution in [0.5, 0.6) is 0 Å². The van der Waals surface area contributed by atoms with Crippen LogP contribution in [-0.2, 0) is 4.79 Å². The Morgan fingerprint density at radius 3 is 2.55 bits per heavy atom. The third-order valence-corrected chi connectivity index (χ3v) is 3.62. The first kappa shape index (κ1) is 15.8. The molecular weight excluding hydrogens is 280 g/mol. The van der Waals surface area contributed by atoms with Gasteiger partial charge in [-0.2, -0.15) is 0 Å². The summed E-state index contributed by atoms with van der Waals surface area (Å²) in [4.78, 5) is 23.9. The number of hydrogen-bond donors (Lipinski definition) is 2. The van der Waals surface area contributed by atoms with E-state index in [9.17, 15) is 9.59 Å². The zero-order valence-corrected chi connectivity index (χ0v) is 12.7. The van der Waals surface area contributed by atoms with Crippen molar-refractivity contribution in [3.05, 3.63) is 48.0 Å². The summed E-state index contributed by atoms with van der Waals surface area (Å²) in [6, 6.07) is 13.7. The number of rotatable bonds is 5. The van der Waals surface area contributed by atoms with E-state index >= 15 is 0 Å². The van der Waals surface area contributed by atoms with Crippen molar-refractivity contribution < 1.29 is 14.7 Å². The number of nitrogens with zero attached hydrogens (tertiary/aromatic N) is 1. The van der Waals surface area contributed by atoms with E-state index in [2.05, 4.69) is 11.4 Å². The Hall–Kier alpha value is -2.56. The minimum atomic E-state index is -0.915. The van der Waals surface area contributed by atoms with Crippen LogP contribution in [0, 0.1) is 0 Å². The van der Waals surface area contributed by atoms with Crippen molar-refractivity contribution in [1.29, 1.82) is 0 Å². The van der Waals surface area contributed by atoms with Crippen LogP contribution in [0.4, 0.5) is 4.79 Å². The average Bonchev–Trinajstić information content (AvgIpc) is 2.51. The number of benzene rings is 2. The maximum atomic E-state index is 12.0. The molecule has 1 unspecified atom stereocenters. The van der Waals surface area contributed by atoms with Crippen LogP contribution >= 0.6 is 0 Å². The van der Waals surface area contributed by atoms with Gasteiger partial charge in [-0.25, -0.2) is 4.79 Å². The van der Waals surface area contributed by atoms with E-state index in [-0.39, 0.29) is 25.0 Å². The third kappa shape index (κ3) is 3.97. The molecular formula is C17H20N2O3. The molecule has 2 rings (SSSR count). The lowest BCUT2D eigenvalue weighted by Gasteiger charge is -2.21. The number of carbonyl (C=O) groups is 2. The second kappa shape index (κ2) is 6.93. The Labute approximate surface area is 129 Å². The fourth-order valence-corrected chi connectivity index (χ4v) is 2.22. The van der Waals surface area contributed by atoms with Gasteiger partial charge in [0.15, 0.2) is 0 Å². The summed E-state index contributed by atoms with van der Waals surface area (Å²) in [5, 5.41) is 13.8. The minimum absolute atomic E-state index is 0.0612. The van der Waals surface area contributed by atoms with Crippen molar-refractivity contribution >= 4 is 22.8 Å². The number of amides is 2. The lowest BCUT2D eigenvalue weighted by molar-refractivity contribution is -0.137. The quantitative estimate of drug-likeness (QED) is 0.891. The van der Waals surface area contributed by atoms with E-state index < -0.39 is 5.97 Å². The summed E-state index contributed by atoms with van der Waals surface area (Å²) in [5.74, 6) is -0.915. The molecule has 5 heteroatoms. The van der Waals surface area contributed by atoms with Crippen molar-refractivity contribution in [3.8, 4) is 0 Å². The summed E-state index contributed by atoms with van der Waals surface area (Å²) in [7, 11) is 1.59. The van der Waals surface area contributed by atoms with Crippen LogP contribution in [0.2, 0.25) is 0 Å². The van der Waals surface area contributed by atoms with Crippen LogP contribution in [0.25, 0.3) is 10.8 Å². The standard InChI is InChI=1S/C17H20N2O3/c1-12(18-17(22)19(2)10-9-16(20)21)14-8-7-13-5-3-4-6-15(13)11-14/h3-8,11-12H,9-10H2,1-2H3,(H,18,22)(H,20,21). The van der Waals surface area contributed by atoms with Gasteiger partial charge in [0.1, 0.15) is 0 Å². The molecule has 22 heavy (non-hydrogen) atoms. The average molecular weight is 300 g/mol. The second-order valence-electron chi connectivity index (χ2n) is 5.34. The summed E-state index contributed by atoms with van der Waals surface area (Å²) in [5.41, 5.74) is 1.01. The first-order chi connectivity index (χ1) is 10.5. The van der Waals surface area contributed by atoms with Gasteiger partial charge >= 0.3 is 12.0 Å². The lowest BCUT2D eigenvalue weighted by Crippen LogP contribution is -2.39. The molecule has 0 spiro atoms. The van der Waals surface area contributed by atoms with Crippen molar-refractivity contribution in [2.24, 2.45) is 0 Å². The summed E-state index contributed by atoms with van der Waals surface area (Å²) in [6.07, 6.45) is -0.0612. The van der Waals surface area contributed by atoms with E-state index in [1.807, 2.05) is 43.3 Å². The van der Waals surface area contributed by atoms with E-state index in [0.717, 1.165) is 16.3 Å². The number of carbonyl (C=O) groups excluding carboxylic acids is 1. The molecule has 0 aromatic heterocycles. The predicted molar refractivity (Wildman–Crippen MR) is 85.8 cm³/mol. The Balaban J connectivity index is 2.02. The molecule has 0 aliphatic heterocycles. The molecule has 0 aliphatic carbocycles. The zero-order chi connectivity index (χ0) is 16.1. The van der Waals surface area contributed by atoms with Crippen LogP contribution in [0.3, 0.4) is 0 Å². The van der Waals surface area contributed by atoms with Crippen molar-refractivity contribution in [2.45, 2.75) is 19.4 Å². The van der Waals surface area contributed by atoms with Gasteiger partial charge in [-0.15, -0.1) is 0 Å². The zero-order valence-electron chi connectivity index (χ0n) is 12.7. The lowest BCUT2D eigenvalue weighted by atomic mass is 10.0. The van der Waals surface area contributed by atoms with Gasteiger partial charge < -0.3 is 15.3 Å². The molecule has 0 radical (unpaired) electrons. The fraction of sp³-hybridized carbons (Fsp3) is 0.294. The molecule has 116 valence electrons. The van der Waals surface area contributed by atoms with Crippen molar-refractivity contribution in [1.82, 2.24) is 10.2 Å². The smallest absolute Gasteiger partial charge is 0.317 e. The minimum Gasteiger partial charge on any atom is -0.481 e. The molecule has 0 saturated carbocycles. The molecule has 0 bridgehead atoms. The van der Waals surface area contributed by atoms with Gasteiger partial charge in [0.05, 0.1) is 12.5 Å². The van der Waals surface area contributed by atoms with Crippen LogP contribution < -0.4 is 5.32 Å². The highest BCUT2D eigenvalue weighted by Crippen LogP contribution is 2.20. The van der Waals surface area contributed by atoms with Gasteiger partial charge in [0, 0.05) is 13.6 Å². The van der Waals surface area contributed by atoms with Gasteiger partial charge in [-0.1, -0.05) is 36.4 Å². The normalized spacial score (nSPS) is 11.9. The van der Waals surface area contributed by atoms with Gasteiger partial charge in [0.2, 0.25) is 0 Å². The van der Waals surface area contributed by atoms with Crippen LogP contribution in [0.1, 0.15) is 24.9 Å². The number of urea groups is 1. The van der Waals surface area contributed by atoms with E-state index in [4.69, 9.17) is 5.11 Å². The molecule has 2 amide bonds. The molecule has 2 aromatic carbocycles. The molecule has 5 nitrogen and oxygen atoms in total. The Kier molecular flexibility index (Phi) is 4.99. The fourth-order valence-electron chi connectivity index (χ4n) is 2.22. The highest BCUT2D eigenvalue weighted by atomic mass is 16.4. The molecule has 0 saturated heterocycles. The van der Waals surface area contributed by atoms with Crippen molar-refractivity contribution in [3.63, 3.8) is 0 Å². The van der Waals surface area contributed by atoms with E-state index in [1.54, 1.807) is 7.05 Å². The summed E-state index contributed by atoms with van der Waals surface area (Å²) < 4.78 is 0. The topological polar surface area (TPSA) is 69.6 Å². The molecule has 0 heterocycles. The van der Waals surface area contributed by atoms with Gasteiger partial charge in [-0.3, -0.25) is 4.79 Å². The van der Waals surface area contributed by atoms with Crippen molar-refractivity contribution in [2.75, 3.05) is 13.6 Å². The van der Waals surface area contributed by atoms with Gasteiger partial charge in [-0.05, 0) is 29.3 Å². The number of carboxylic acids is 1. The monoisotopic (exact) mass is 300 g/mol. The summed E-state index contributed by atoms with van der Waals surface area (Å²) in [6.45, 7) is 2.10. The number of fused-ring (bicyclic) bond motifs is 1. The maximum Gasteiger partial charge on any atom is 0.317 e. The maximum absolute atomic E-state index is 12.0. The van der Waals surface area contributed by atoms with E-state index in [0.29, 0.717) is 0 Å². The van der Waals surface area contributed by atoms with E-state index in [1.165, 1.54) is 4.90 Å². The summed E-state index contributed by atoms with van der Waals surface area (Å²) >= 11 is 0. The Morgan fingerprint density at radius 2 is 1.86 bits per heavy atom. The molecule has 1 atom stereocenters. The second-order valence-corrected chi connectivity index (χ2v) is 5.34.